The number of fused-ring (bicyclic) bond motifs is 5. The predicted octanol–water partition coefficient (Wildman–Crippen LogP) is 4.73. The first kappa shape index (κ1) is 40.6. The van der Waals surface area contributed by atoms with Crippen molar-refractivity contribution in [3.63, 3.8) is 0 Å². The fraction of sp³-hybridized carbons (Fsp3) is 0.425. The van der Waals surface area contributed by atoms with Gasteiger partial charge in [0.15, 0.2) is 0 Å². The van der Waals surface area contributed by atoms with Crippen LogP contribution in [0.15, 0.2) is 75.3 Å². The summed E-state index contributed by atoms with van der Waals surface area (Å²) in [6, 6.07) is 15.4. The smallest absolute Gasteiger partial charge is 0.355 e. The van der Waals surface area contributed by atoms with Gasteiger partial charge in [0.1, 0.15) is 19.0 Å². The van der Waals surface area contributed by atoms with Crippen molar-refractivity contribution in [2.24, 2.45) is 4.99 Å². The number of nitrogens with one attached hydrogen (secondary N) is 1. The van der Waals surface area contributed by atoms with Crippen molar-refractivity contribution in [2.45, 2.75) is 101 Å². The molecule has 0 radical (unpaired) electrons. The lowest BCUT2D eigenvalue weighted by atomic mass is 9.80. The fourth-order valence-corrected chi connectivity index (χ4v) is 9.30. The van der Waals surface area contributed by atoms with Crippen molar-refractivity contribution < 1.29 is 42.3 Å². The number of carbonyl (C=O) groups excluding carboxylic acids is 2. The number of benzene rings is 2. The third-order valence-electron chi connectivity index (χ3n) is 11.0. The summed E-state index contributed by atoms with van der Waals surface area (Å²) in [7, 11) is -4.36. The van der Waals surface area contributed by atoms with Crippen molar-refractivity contribution in [3.8, 4) is 11.4 Å². The summed E-state index contributed by atoms with van der Waals surface area (Å²) >= 11 is 0. The number of hydrogen-bond donors (Lipinski definition) is 2. The van der Waals surface area contributed by atoms with Crippen LogP contribution in [0.1, 0.15) is 77.0 Å². The van der Waals surface area contributed by atoms with E-state index in [9.17, 15) is 38.1 Å². The maximum Gasteiger partial charge on any atom is 0.355 e. The number of cyclic esters (lactones) is 1. The van der Waals surface area contributed by atoms with Crippen LogP contribution >= 0.6 is 0 Å². The Morgan fingerprint density at radius 2 is 1.78 bits per heavy atom. The molecule has 3 aliphatic rings. The highest BCUT2D eigenvalue weighted by Crippen LogP contribution is 2.41. The summed E-state index contributed by atoms with van der Waals surface area (Å²) < 4.78 is 48.4. The number of piperidine rings is 1. The number of non-ortho nitro benzene ring substituents is 1. The van der Waals surface area contributed by atoms with Crippen molar-refractivity contribution in [1.82, 2.24) is 19.3 Å². The Bertz CT molecular complexity index is 2520. The van der Waals surface area contributed by atoms with E-state index < -0.39 is 55.7 Å². The molecule has 1 fully saturated rings. The van der Waals surface area contributed by atoms with E-state index in [0.717, 1.165) is 40.7 Å². The van der Waals surface area contributed by atoms with Gasteiger partial charge in [-0.15, -0.1) is 0 Å². The molecule has 0 aliphatic carbocycles. The third kappa shape index (κ3) is 7.47. The molecule has 17 nitrogen and oxygen atoms in total. The number of amidine groups is 1. The minimum absolute atomic E-state index is 0.0304. The minimum atomic E-state index is -4.36. The molecule has 0 unspecified atom stereocenters. The van der Waals surface area contributed by atoms with Gasteiger partial charge >= 0.3 is 11.9 Å². The van der Waals surface area contributed by atoms with Crippen molar-refractivity contribution in [3.05, 3.63) is 97.8 Å². The SMILES string of the molecule is CC[C@@]1(OC(=O)CN=C(CCOC2CC(C)(C)N(O)C(C)(C)C2)NS(=O)(=O)c2ccc([N+](=O)[O-])cc2)C(=O)OCc2c1cc1n(c2=O)Cc2cc3ccccc3nc2-1. The zero-order valence-electron chi connectivity index (χ0n) is 32.7. The Labute approximate surface area is 333 Å². The standard InChI is InChI=1S/C40H44N6O11S/c1-6-40(30-18-32-35-25(17-24-9-7-8-10-31(24)42-35)22-44(32)36(48)29(30)23-56-37(40)49)57-34(47)21-41-33(43-58(53,54)28-13-11-26(12-14-28)45(50)51)15-16-55-27-19-38(2,3)46(52)39(4,5)20-27/h7-14,17-18,27,52H,6,15-16,19-23H2,1-5H3,(H,41,43)/t40-/m0/s1. The number of nitrogens with zero attached hydrogens (tertiary/aromatic N) is 5. The molecule has 2 N–H and O–H groups in total. The lowest BCUT2D eigenvalue weighted by Crippen LogP contribution is -2.60. The van der Waals surface area contributed by atoms with E-state index in [1.54, 1.807) is 17.6 Å². The third-order valence-corrected chi connectivity index (χ3v) is 12.4. The van der Waals surface area contributed by atoms with E-state index in [4.69, 9.17) is 19.2 Å². The molecular formula is C40H44N6O11S. The molecule has 2 aromatic heterocycles. The molecule has 0 spiro atoms. The number of hydrogen-bond acceptors (Lipinski definition) is 14. The number of nitro groups is 1. The first-order valence-corrected chi connectivity index (χ1v) is 20.3. The normalized spacial score (nSPS) is 20.2. The van der Waals surface area contributed by atoms with Crippen LogP contribution in [-0.2, 0) is 52.6 Å². The molecule has 306 valence electrons. The number of sulfonamides is 1. The van der Waals surface area contributed by atoms with Gasteiger partial charge in [-0.25, -0.2) is 23.0 Å². The first-order chi connectivity index (χ1) is 27.3. The monoisotopic (exact) mass is 816 g/mol. The number of ether oxygens (including phenoxy) is 3. The lowest BCUT2D eigenvalue weighted by molar-refractivity contribution is -0.384. The summed E-state index contributed by atoms with van der Waals surface area (Å²) in [5, 5.41) is 24.1. The topological polar surface area (TPSA) is 222 Å². The maximum absolute atomic E-state index is 13.9. The molecule has 4 aromatic rings. The van der Waals surface area contributed by atoms with E-state index in [-0.39, 0.29) is 66.2 Å². The number of hydroxylamine groups is 2. The molecule has 0 amide bonds. The summed E-state index contributed by atoms with van der Waals surface area (Å²) in [6.07, 6.45) is 0.429. The van der Waals surface area contributed by atoms with Gasteiger partial charge in [-0.3, -0.25) is 24.6 Å². The summed E-state index contributed by atoms with van der Waals surface area (Å²) in [5.41, 5.74) is -1.05. The molecule has 1 atom stereocenters. The van der Waals surface area contributed by atoms with E-state index in [0.29, 0.717) is 24.2 Å². The largest absolute Gasteiger partial charge is 0.457 e. The van der Waals surface area contributed by atoms with Gasteiger partial charge in [0, 0.05) is 46.1 Å². The van der Waals surface area contributed by atoms with Gasteiger partial charge in [-0.05, 0) is 77.3 Å². The number of aromatic nitrogens is 2. The second-order valence-corrected chi connectivity index (χ2v) is 17.6. The van der Waals surface area contributed by atoms with E-state index in [2.05, 4.69) is 9.71 Å². The van der Waals surface area contributed by atoms with E-state index >= 15 is 0 Å². The zero-order valence-corrected chi connectivity index (χ0v) is 33.5. The fourth-order valence-electron chi connectivity index (χ4n) is 8.21. The highest BCUT2D eigenvalue weighted by Gasteiger charge is 2.50. The van der Waals surface area contributed by atoms with Gasteiger partial charge < -0.3 is 24.0 Å². The summed E-state index contributed by atoms with van der Waals surface area (Å²) in [5.74, 6) is -2.07. The molecule has 0 bridgehead atoms. The van der Waals surface area contributed by atoms with Crippen LogP contribution < -0.4 is 10.3 Å². The van der Waals surface area contributed by atoms with E-state index in [1.165, 1.54) is 5.06 Å². The zero-order chi connectivity index (χ0) is 41.8. The molecule has 1 saturated heterocycles. The Morgan fingerprint density at radius 3 is 2.45 bits per heavy atom. The second-order valence-electron chi connectivity index (χ2n) is 15.9. The van der Waals surface area contributed by atoms with Crippen LogP contribution in [0, 0.1) is 10.1 Å². The van der Waals surface area contributed by atoms with Crippen LogP contribution in [-0.4, -0.2) is 81.3 Å². The second kappa shape index (κ2) is 15.0. The van der Waals surface area contributed by atoms with Crippen LogP contribution in [0.3, 0.4) is 0 Å². The van der Waals surface area contributed by atoms with Gasteiger partial charge in [0.2, 0.25) is 5.60 Å². The minimum Gasteiger partial charge on any atom is -0.457 e. The number of aliphatic imine (C=N–C) groups is 1. The number of carbonyl (C=O) groups is 2. The van der Waals surface area contributed by atoms with Gasteiger partial charge in [0.05, 0.1) is 51.5 Å². The number of nitro benzene ring substituents is 1. The van der Waals surface area contributed by atoms with Gasteiger partial charge in [0.25, 0.3) is 21.3 Å². The Balaban J connectivity index is 1.16. The van der Waals surface area contributed by atoms with Crippen LogP contribution in [0.4, 0.5) is 5.69 Å². The summed E-state index contributed by atoms with van der Waals surface area (Å²) in [4.78, 5) is 60.5. The highest BCUT2D eigenvalue weighted by atomic mass is 32.2. The average molecular weight is 817 g/mol. The molecular weight excluding hydrogens is 773 g/mol. The Hall–Kier alpha value is -5.56. The van der Waals surface area contributed by atoms with Crippen molar-refractivity contribution in [1.29, 1.82) is 0 Å². The quantitative estimate of drug-likeness (QED) is 0.0606. The predicted molar refractivity (Wildman–Crippen MR) is 209 cm³/mol. The van der Waals surface area contributed by atoms with Gasteiger partial charge in [-0.1, -0.05) is 25.1 Å². The molecule has 0 saturated carbocycles. The Kier molecular flexibility index (Phi) is 10.5. The van der Waals surface area contributed by atoms with Crippen LogP contribution in [0.5, 0.6) is 0 Å². The molecule has 18 heteroatoms. The van der Waals surface area contributed by atoms with Crippen LogP contribution in [0.2, 0.25) is 0 Å². The van der Waals surface area contributed by atoms with Crippen LogP contribution in [0.25, 0.3) is 22.3 Å². The first-order valence-electron chi connectivity index (χ1n) is 18.8. The highest BCUT2D eigenvalue weighted by molar-refractivity contribution is 7.90. The number of rotatable bonds is 11. The van der Waals surface area contributed by atoms with Crippen molar-refractivity contribution >= 4 is 44.4 Å². The number of esters is 2. The molecule has 2 aromatic carbocycles. The Morgan fingerprint density at radius 1 is 1.09 bits per heavy atom. The lowest BCUT2D eigenvalue weighted by Gasteiger charge is -2.51. The molecule has 5 heterocycles. The molecule has 58 heavy (non-hydrogen) atoms. The number of para-hydroxylation sites is 1. The van der Waals surface area contributed by atoms with E-state index in [1.807, 2.05) is 58.0 Å². The maximum atomic E-state index is 13.9. The summed E-state index contributed by atoms with van der Waals surface area (Å²) in [6.45, 7) is 8.30. The van der Waals surface area contributed by atoms with Crippen molar-refractivity contribution in [2.75, 3.05) is 13.2 Å². The number of pyridine rings is 2. The molecule has 7 rings (SSSR count). The average Bonchev–Trinajstić information content (AvgIpc) is 3.53. The van der Waals surface area contributed by atoms with Gasteiger partial charge in [-0.2, -0.15) is 5.06 Å². The molecule has 3 aliphatic heterocycles.